The summed E-state index contributed by atoms with van der Waals surface area (Å²) in [6.07, 6.45) is 3.01. The van der Waals surface area contributed by atoms with Crippen molar-refractivity contribution in [3.63, 3.8) is 0 Å². The van der Waals surface area contributed by atoms with Crippen LogP contribution in [-0.4, -0.2) is 34.3 Å². The number of hydrogen-bond acceptors (Lipinski definition) is 5. The van der Waals surface area contributed by atoms with Crippen LogP contribution in [0.3, 0.4) is 0 Å². The van der Waals surface area contributed by atoms with Crippen molar-refractivity contribution < 1.29 is 9.90 Å². The van der Waals surface area contributed by atoms with E-state index in [4.69, 9.17) is 5.73 Å². The minimum absolute atomic E-state index is 0.212. The van der Waals surface area contributed by atoms with Crippen molar-refractivity contribution in [2.24, 2.45) is 11.7 Å². The Labute approximate surface area is 182 Å². The van der Waals surface area contributed by atoms with Crippen LogP contribution in [0.1, 0.15) is 46.9 Å². The molecule has 0 atom stereocenters. The van der Waals surface area contributed by atoms with Gasteiger partial charge in [-0.2, -0.15) is 5.10 Å². The highest BCUT2D eigenvalue weighted by Crippen LogP contribution is 2.25. The van der Waals surface area contributed by atoms with Gasteiger partial charge in [0.1, 0.15) is 11.3 Å². The summed E-state index contributed by atoms with van der Waals surface area (Å²) in [5.41, 5.74) is 10.0. The van der Waals surface area contributed by atoms with Crippen molar-refractivity contribution in [1.82, 2.24) is 10.2 Å². The molecule has 1 aliphatic rings. The molecule has 0 spiro atoms. The van der Waals surface area contributed by atoms with E-state index in [1.54, 1.807) is 12.1 Å². The number of phenolic OH excluding ortho intramolecular Hbond substituents is 1. The molecule has 1 fully saturated rings. The Kier molecular flexibility index (Phi) is 6.11. The summed E-state index contributed by atoms with van der Waals surface area (Å²) in [4.78, 5) is 14.6. The smallest absolute Gasteiger partial charge is 0.254 e. The number of nitrogens with two attached hydrogens (primary N) is 1. The van der Waals surface area contributed by atoms with Gasteiger partial charge in [-0.05, 0) is 54.2 Å². The summed E-state index contributed by atoms with van der Waals surface area (Å²) < 4.78 is 0. The molecule has 7 nitrogen and oxygen atoms in total. The summed E-state index contributed by atoms with van der Waals surface area (Å²) in [6, 6.07) is 15.4. The maximum absolute atomic E-state index is 12.1. The Balaban J connectivity index is 1.44. The van der Waals surface area contributed by atoms with Crippen LogP contribution in [0.5, 0.6) is 5.75 Å². The SMILES string of the molecule is CC1CCN(c2ccc(Cc3[nH]nc(NCc4ccc(O)cc4)c3C(N)=O)cc2)CC1. The maximum Gasteiger partial charge on any atom is 0.254 e. The molecule has 0 saturated carbocycles. The molecule has 0 bridgehead atoms. The van der Waals surface area contributed by atoms with Crippen LogP contribution in [0, 0.1) is 5.92 Å². The Morgan fingerprint density at radius 1 is 1.13 bits per heavy atom. The van der Waals surface area contributed by atoms with Gasteiger partial charge in [-0.15, -0.1) is 0 Å². The minimum Gasteiger partial charge on any atom is -0.508 e. The minimum atomic E-state index is -0.518. The molecular formula is C24H29N5O2. The van der Waals surface area contributed by atoms with Crippen LogP contribution in [0.2, 0.25) is 0 Å². The monoisotopic (exact) mass is 419 g/mol. The highest BCUT2D eigenvalue weighted by molar-refractivity contribution is 5.98. The number of rotatable bonds is 7. The lowest BCUT2D eigenvalue weighted by molar-refractivity contribution is 0.100. The molecule has 31 heavy (non-hydrogen) atoms. The zero-order valence-electron chi connectivity index (χ0n) is 17.8. The maximum atomic E-state index is 12.1. The van der Waals surface area contributed by atoms with Crippen molar-refractivity contribution in [3.8, 4) is 5.75 Å². The van der Waals surface area contributed by atoms with Crippen LogP contribution >= 0.6 is 0 Å². The molecular weight excluding hydrogens is 390 g/mol. The second-order valence-corrected chi connectivity index (χ2v) is 8.32. The summed E-state index contributed by atoms with van der Waals surface area (Å²) >= 11 is 0. The Morgan fingerprint density at radius 2 is 1.77 bits per heavy atom. The predicted molar refractivity (Wildman–Crippen MR) is 122 cm³/mol. The third-order valence-corrected chi connectivity index (χ3v) is 5.95. The average molecular weight is 420 g/mol. The van der Waals surface area contributed by atoms with E-state index in [1.807, 2.05) is 12.1 Å². The summed E-state index contributed by atoms with van der Waals surface area (Å²) in [5, 5.41) is 19.8. The topological polar surface area (TPSA) is 107 Å². The van der Waals surface area contributed by atoms with E-state index in [1.165, 1.54) is 18.5 Å². The molecule has 1 aliphatic heterocycles. The van der Waals surface area contributed by atoms with E-state index in [2.05, 4.69) is 51.6 Å². The molecule has 7 heteroatoms. The van der Waals surface area contributed by atoms with Gasteiger partial charge in [-0.1, -0.05) is 31.2 Å². The Bertz CT molecular complexity index is 1020. The molecule has 1 amide bonds. The van der Waals surface area contributed by atoms with Gasteiger partial charge in [0.05, 0.1) is 5.69 Å². The first-order chi connectivity index (χ1) is 15.0. The second kappa shape index (κ2) is 9.12. The lowest BCUT2D eigenvalue weighted by Gasteiger charge is -2.32. The number of carbonyl (C=O) groups excluding carboxylic acids is 1. The van der Waals surface area contributed by atoms with Crippen molar-refractivity contribution >= 4 is 17.4 Å². The number of amides is 1. The number of H-pyrrole nitrogens is 1. The van der Waals surface area contributed by atoms with Crippen LogP contribution < -0.4 is 16.0 Å². The highest BCUT2D eigenvalue weighted by atomic mass is 16.3. The van der Waals surface area contributed by atoms with Crippen LogP contribution in [0.4, 0.5) is 11.5 Å². The number of aromatic hydroxyl groups is 1. The fourth-order valence-electron chi connectivity index (χ4n) is 3.99. The molecule has 4 rings (SSSR count). The fourth-order valence-corrected chi connectivity index (χ4v) is 3.99. The summed E-state index contributed by atoms with van der Waals surface area (Å²) in [7, 11) is 0. The number of carbonyl (C=O) groups is 1. The molecule has 1 saturated heterocycles. The third-order valence-electron chi connectivity index (χ3n) is 5.95. The standard InChI is InChI=1S/C24H29N5O2/c1-16-10-12-29(13-11-16)19-6-2-17(3-7-19)14-21-22(23(25)31)24(28-27-21)26-15-18-4-8-20(30)9-5-18/h2-9,16,30H,10-15H2,1H3,(H2,25,31)(H2,26,27,28). The molecule has 1 aromatic heterocycles. The van der Waals surface area contributed by atoms with E-state index in [9.17, 15) is 9.90 Å². The van der Waals surface area contributed by atoms with Gasteiger partial charge >= 0.3 is 0 Å². The fraction of sp³-hybridized carbons (Fsp3) is 0.333. The first kappa shape index (κ1) is 20.8. The van der Waals surface area contributed by atoms with Gasteiger partial charge in [0, 0.05) is 31.7 Å². The summed E-state index contributed by atoms with van der Waals surface area (Å²) in [5.74, 6) is 0.940. The normalized spacial score (nSPS) is 14.5. The first-order valence-corrected chi connectivity index (χ1v) is 10.7. The van der Waals surface area contributed by atoms with Gasteiger partial charge in [-0.25, -0.2) is 0 Å². The number of aromatic nitrogens is 2. The molecule has 2 heterocycles. The number of nitrogens with one attached hydrogen (secondary N) is 2. The van der Waals surface area contributed by atoms with Crippen LogP contribution in [-0.2, 0) is 13.0 Å². The quantitative estimate of drug-likeness (QED) is 0.468. The molecule has 5 N–H and O–H groups in total. The number of phenols is 1. The van der Waals surface area contributed by atoms with Crippen molar-refractivity contribution in [3.05, 3.63) is 70.9 Å². The molecule has 0 radical (unpaired) electrons. The number of primary amides is 1. The van der Waals surface area contributed by atoms with E-state index in [-0.39, 0.29) is 5.75 Å². The predicted octanol–water partition coefficient (Wildman–Crippen LogP) is 3.65. The van der Waals surface area contributed by atoms with Gasteiger partial charge in [0.15, 0.2) is 5.82 Å². The number of nitrogens with zero attached hydrogens (tertiary/aromatic N) is 2. The van der Waals surface area contributed by atoms with Crippen LogP contribution in [0.15, 0.2) is 48.5 Å². The molecule has 0 aliphatic carbocycles. The van der Waals surface area contributed by atoms with E-state index < -0.39 is 5.91 Å². The lowest BCUT2D eigenvalue weighted by Crippen LogP contribution is -2.32. The average Bonchev–Trinajstić information content (AvgIpc) is 3.17. The third kappa shape index (κ3) is 4.99. The number of anilines is 2. The second-order valence-electron chi connectivity index (χ2n) is 8.32. The van der Waals surface area contributed by atoms with Gasteiger partial charge in [-0.3, -0.25) is 9.89 Å². The number of benzene rings is 2. The van der Waals surface area contributed by atoms with Gasteiger partial charge < -0.3 is 21.1 Å². The van der Waals surface area contributed by atoms with Gasteiger partial charge in [0.25, 0.3) is 5.91 Å². The highest BCUT2D eigenvalue weighted by Gasteiger charge is 2.19. The summed E-state index contributed by atoms with van der Waals surface area (Å²) in [6.45, 7) is 4.98. The van der Waals surface area contributed by atoms with Crippen LogP contribution in [0.25, 0.3) is 0 Å². The van der Waals surface area contributed by atoms with E-state index in [0.717, 1.165) is 30.1 Å². The van der Waals surface area contributed by atoms with E-state index in [0.29, 0.717) is 30.0 Å². The lowest BCUT2D eigenvalue weighted by atomic mass is 9.98. The molecule has 162 valence electrons. The van der Waals surface area contributed by atoms with Crippen molar-refractivity contribution in [2.45, 2.75) is 32.7 Å². The zero-order chi connectivity index (χ0) is 21.8. The molecule has 3 aromatic rings. The van der Waals surface area contributed by atoms with E-state index >= 15 is 0 Å². The van der Waals surface area contributed by atoms with Crippen molar-refractivity contribution in [1.29, 1.82) is 0 Å². The Hall–Kier alpha value is -3.48. The van der Waals surface area contributed by atoms with Crippen molar-refractivity contribution in [2.75, 3.05) is 23.3 Å². The first-order valence-electron chi connectivity index (χ1n) is 10.7. The Morgan fingerprint density at radius 3 is 2.42 bits per heavy atom. The molecule has 0 unspecified atom stereocenters. The largest absolute Gasteiger partial charge is 0.508 e. The zero-order valence-corrected chi connectivity index (χ0v) is 17.8. The molecule has 2 aromatic carbocycles. The number of aromatic amines is 1. The van der Waals surface area contributed by atoms with Gasteiger partial charge in [0.2, 0.25) is 0 Å². The number of piperidine rings is 1. The number of hydrogen-bond donors (Lipinski definition) is 4.